The Morgan fingerprint density at radius 1 is 0.878 bits per heavy atom. The molecule has 0 aliphatic carbocycles. The zero-order valence-electron chi connectivity index (χ0n) is 21.8. The van der Waals surface area contributed by atoms with Crippen LogP contribution in [0.3, 0.4) is 0 Å². The highest BCUT2D eigenvalue weighted by Gasteiger charge is 2.51. The fourth-order valence-corrected chi connectivity index (χ4v) is 5.07. The van der Waals surface area contributed by atoms with Crippen molar-refractivity contribution in [1.82, 2.24) is 0 Å². The van der Waals surface area contributed by atoms with Crippen LogP contribution in [0.25, 0.3) is 0 Å². The maximum Gasteiger partial charge on any atom is 0.229 e. The maximum atomic E-state index is 12.9. The number of ether oxygens (including phenoxy) is 5. The molecule has 0 radical (unpaired) electrons. The van der Waals surface area contributed by atoms with Gasteiger partial charge in [-0.1, -0.05) is 12.1 Å². The highest BCUT2D eigenvalue weighted by Crippen LogP contribution is 2.43. The molecule has 224 valence electrons. The van der Waals surface area contributed by atoms with Crippen LogP contribution in [-0.4, -0.2) is 115 Å². The molecule has 8 N–H and O–H groups in total. The number of hydrogen-bond acceptors (Lipinski definition) is 14. The average Bonchev–Trinajstić information content (AvgIpc) is 2.94. The van der Waals surface area contributed by atoms with Gasteiger partial charge in [-0.2, -0.15) is 0 Å². The number of ketones is 1. The SMILES string of the molecule is CC1OC(O[C@@H]2[C@H](Oc3cc(O)c4c(c3)OC(c3ccc(O)cc3)CC4=O)O[C@H](CO)[C@@H](O)[C@H]2O)C(O)C(O)C1O. The quantitative estimate of drug-likeness (QED) is 0.202. The highest BCUT2D eigenvalue weighted by atomic mass is 16.8. The lowest BCUT2D eigenvalue weighted by molar-refractivity contribution is -0.354. The molecule has 14 nitrogen and oxygen atoms in total. The Balaban J connectivity index is 1.41. The minimum absolute atomic E-state index is 0.0149. The van der Waals surface area contributed by atoms with E-state index < -0.39 is 85.7 Å². The summed E-state index contributed by atoms with van der Waals surface area (Å²) in [5, 5.41) is 81.6. The molecule has 3 heterocycles. The predicted molar refractivity (Wildman–Crippen MR) is 134 cm³/mol. The number of phenols is 2. The molecule has 2 fully saturated rings. The maximum absolute atomic E-state index is 12.9. The molecule has 0 spiro atoms. The zero-order valence-corrected chi connectivity index (χ0v) is 21.8. The molecule has 14 heteroatoms. The molecule has 3 aliphatic heterocycles. The summed E-state index contributed by atoms with van der Waals surface area (Å²) in [6, 6.07) is 8.50. The lowest BCUT2D eigenvalue weighted by Gasteiger charge is -2.45. The van der Waals surface area contributed by atoms with Crippen molar-refractivity contribution < 1.29 is 69.3 Å². The van der Waals surface area contributed by atoms with Gasteiger partial charge >= 0.3 is 0 Å². The third kappa shape index (κ3) is 5.70. The van der Waals surface area contributed by atoms with Crippen molar-refractivity contribution >= 4 is 5.78 Å². The van der Waals surface area contributed by atoms with Crippen molar-refractivity contribution in [2.24, 2.45) is 0 Å². The number of carbonyl (C=O) groups excluding carboxylic acids is 1. The van der Waals surface area contributed by atoms with Crippen LogP contribution < -0.4 is 9.47 Å². The number of aliphatic hydroxyl groups excluding tert-OH is 6. The molecular formula is C27H32O14. The van der Waals surface area contributed by atoms with Gasteiger partial charge in [0.25, 0.3) is 0 Å². The highest BCUT2D eigenvalue weighted by molar-refractivity contribution is 6.02. The molecule has 0 amide bonds. The molecule has 11 atom stereocenters. The Bertz CT molecular complexity index is 1240. The summed E-state index contributed by atoms with van der Waals surface area (Å²) < 4.78 is 28.6. The van der Waals surface area contributed by atoms with Crippen molar-refractivity contribution in [3.05, 3.63) is 47.5 Å². The van der Waals surface area contributed by atoms with E-state index in [1.54, 1.807) is 12.1 Å². The predicted octanol–water partition coefficient (Wildman–Crippen LogP) is -1.17. The normalized spacial score (nSPS) is 37.2. The number of hydrogen-bond donors (Lipinski definition) is 8. The third-order valence-electron chi connectivity index (χ3n) is 7.42. The molecule has 2 aromatic carbocycles. The second-order valence-electron chi connectivity index (χ2n) is 10.2. The molecule has 0 aromatic heterocycles. The van der Waals surface area contributed by atoms with E-state index >= 15 is 0 Å². The van der Waals surface area contributed by atoms with Gasteiger partial charge in [0.1, 0.15) is 71.3 Å². The van der Waals surface area contributed by atoms with Crippen LogP contribution in [0.15, 0.2) is 36.4 Å². The number of rotatable bonds is 6. The van der Waals surface area contributed by atoms with Gasteiger partial charge in [-0.3, -0.25) is 4.79 Å². The minimum atomic E-state index is -1.75. The van der Waals surface area contributed by atoms with Crippen molar-refractivity contribution in [2.45, 2.75) is 80.9 Å². The molecule has 41 heavy (non-hydrogen) atoms. The van der Waals surface area contributed by atoms with Crippen LogP contribution in [-0.2, 0) is 14.2 Å². The number of Topliss-reactive ketones (excluding diaryl/α,β-unsaturated/α-hetero) is 1. The van der Waals surface area contributed by atoms with Crippen LogP contribution in [0.1, 0.15) is 35.4 Å². The van der Waals surface area contributed by atoms with Gasteiger partial charge in [0.05, 0.1) is 19.1 Å². The first-order valence-corrected chi connectivity index (χ1v) is 13.0. The lowest BCUT2D eigenvalue weighted by atomic mass is 9.95. The van der Waals surface area contributed by atoms with Gasteiger partial charge in [0, 0.05) is 12.1 Å². The lowest BCUT2D eigenvalue weighted by Crippen LogP contribution is -2.64. The van der Waals surface area contributed by atoms with Crippen molar-refractivity contribution in [2.75, 3.05) is 6.61 Å². The largest absolute Gasteiger partial charge is 0.508 e. The first kappa shape index (κ1) is 29.4. The summed E-state index contributed by atoms with van der Waals surface area (Å²) in [6.07, 6.45) is -16.0. The topological polar surface area (TPSA) is 225 Å². The summed E-state index contributed by atoms with van der Waals surface area (Å²) in [5.74, 6) is -0.947. The van der Waals surface area contributed by atoms with Crippen molar-refractivity contribution in [3.8, 4) is 23.0 Å². The van der Waals surface area contributed by atoms with Crippen LogP contribution in [0, 0.1) is 0 Å². The summed E-state index contributed by atoms with van der Waals surface area (Å²) in [5.41, 5.74) is 0.529. The van der Waals surface area contributed by atoms with E-state index in [9.17, 15) is 45.6 Å². The third-order valence-corrected chi connectivity index (χ3v) is 7.42. The molecule has 0 bridgehead atoms. The molecule has 2 aromatic rings. The van der Waals surface area contributed by atoms with Gasteiger partial charge in [-0.15, -0.1) is 0 Å². The molecule has 5 rings (SSSR count). The van der Waals surface area contributed by atoms with Crippen molar-refractivity contribution in [1.29, 1.82) is 0 Å². The van der Waals surface area contributed by atoms with Crippen molar-refractivity contribution in [3.63, 3.8) is 0 Å². The second kappa shape index (κ2) is 11.7. The van der Waals surface area contributed by atoms with Gasteiger partial charge in [-0.25, -0.2) is 0 Å². The van der Waals surface area contributed by atoms with Gasteiger partial charge in [0.2, 0.25) is 6.29 Å². The Morgan fingerprint density at radius 3 is 2.27 bits per heavy atom. The molecule has 2 saturated heterocycles. The second-order valence-corrected chi connectivity index (χ2v) is 10.2. The molecule has 6 unspecified atom stereocenters. The summed E-state index contributed by atoms with van der Waals surface area (Å²) in [4.78, 5) is 12.9. The summed E-state index contributed by atoms with van der Waals surface area (Å²) in [7, 11) is 0. The Morgan fingerprint density at radius 2 is 1.59 bits per heavy atom. The van der Waals surface area contributed by atoms with Gasteiger partial charge < -0.3 is 64.5 Å². The number of benzene rings is 2. The Labute approximate surface area is 233 Å². The Kier molecular flexibility index (Phi) is 8.39. The fraction of sp³-hybridized carbons (Fsp3) is 0.519. The average molecular weight is 581 g/mol. The number of fused-ring (bicyclic) bond motifs is 1. The molecular weight excluding hydrogens is 548 g/mol. The van der Waals surface area contributed by atoms with Crippen LogP contribution in [0.2, 0.25) is 0 Å². The van der Waals surface area contributed by atoms with Crippen LogP contribution >= 0.6 is 0 Å². The van der Waals surface area contributed by atoms with E-state index in [1.165, 1.54) is 25.1 Å². The van der Waals surface area contributed by atoms with Crippen LogP contribution in [0.5, 0.6) is 23.0 Å². The number of carbonyl (C=O) groups is 1. The van der Waals surface area contributed by atoms with Gasteiger partial charge in [-0.05, 0) is 24.6 Å². The first-order valence-electron chi connectivity index (χ1n) is 13.0. The standard InChI is InChI=1S/C27H32O14/c1-10-20(32)22(34)24(36)26(37-10)41-25-23(35)21(33)18(9-28)40-27(25)38-13-6-14(30)19-15(31)8-16(39-17(19)7-13)11-2-4-12(29)5-3-11/h2-7,10,16,18,20-30,32-36H,8-9H2,1H3/t10?,16?,18-,20?,21-,22?,23-,24?,25+,26?,27-/m1/s1. The number of phenolic OH excluding ortho intramolecular Hbond substituents is 2. The summed E-state index contributed by atoms with van der Waals surface area (Å²) >= 11 is 0. The number of aliphatic hydroxyl groups is 6. The van der Waals surface area contributed by atoms with E-state index in [1.807, 2.05) is 0 Å². The minimum Gasteiger partial charge on any atom is -0.508 e. The Hall–Kier alpha value is -3.05. The molecule has 3 aliphatic rings. The molecule has 0 saturated carbocycles. The number of aromatic hydroxyl groups is 2. The van der Waals surface area contributed by atoms with E-state index in [-0.39, 0.29) is 29.2 Å². The van der Waals surface area contributed by atoms with E-state index in [2.05, 4.69) is 0 Å². The zero-order chi connectivity index (χ0) is 29.6. The smallest absolute Gasteiger partial charge is 0.229 e. The first-order chi connectivity index (χ1) is 19.5. The van der Waals surface area contributed by atoms with E-state index in [0.29, 0.717) is 5.56 Å². The fourth-order valence-electron chi connectivity index (χ4n) is 5.07. The van der Waals surface area contributed by atoms with E-state index in [0.717, 1.165) is 6.07 Å². The monoisotopic (exact) mass is 580 g/mol. The van der Waals surface area contributed by atoms with Crippen LogP contribution in [0.4, 0.5) is 0 Å². The summed E-state index contributed by atoms with van der Waals surface area (Å²) in [6.45, 7) is 0.716. The van der Waals surface area contributed by atoms with Gasteiger partial charge in [0.15, 0.2) is 18.2 Å². The van der Waals surface area contributed by atoms with E-state index in [4.69, 9.17) is 23.7 Å².